The van der Waals surface area contributed by atoms with E-state index in [1.54, 1.807) is 57.9 Å². The van der Waals surface area contributed by atoms with Crippen LogP contribution in [0.4, 0.5) is 5.69 Å². The van der Waals surface area contributed by atoms with E-state index in [1.807, 2.05) is 36.4 Å². The number of carbonyl (C=O) groups is 1. The molecule has 36 heavy (non-hydrogen) atoms. The van der Waals surface area contributed by atoms with Gasteiger partial charge in [0.2, 0.25) is 5.91 Å². The first kappa shape index (κ1) is 24.7. The van der Waals surface area contributed by atoms with Gasteiger partial charge >= 0.3 is 0 Å². The summed E-state index contributed by atoms with van der Waals surface area (Å²) < 4.78 is 22.5. The van der Waals surface area contributed by atoms with E-state index < -0.39 is 0 Å². The highest BCUT2D eigenvalue weighted by Crippen LogP contribution is 2.38. The number of thiocarbonyl (C=S) groups is 1. The maximum atomic E-state index is 12.3. The maximum absolute atomic E-state index is 12.3. The Bertz CT molecular complexity index is 1400. The van der Waals surface area contributed by atoms with Gasteiger partial charge in [-0.1, -0.05) is 30.3 Å². The molecule has 184 valence electrons. The number of amides is 1. The van der Waals surface area contributed by atoms with Gasteiger partial charge in [-0.25, -0.2) is 0 Å². The van der Waals surface area contributed by atoms with Crippen molar-refractivity contribution in [1.29, 1.82) is 0 Å². The highest BCUT2D eigenvalue weighted by atomic mass is 32.1. The molecule has 0 aliphatic rings. The Morgan fingerprint density at radius 1 is 0.861 bits per heavy atom. The summed E-state index contributed by atoms with van der Waals surface area (Å²) in [4.78, 5) is 16.7. The molecule has 0 unspecified atom stereocenters. The fraction of sp³-hybridized carbons (Fsp3) is 0.148. The van der Waals surface area contributed by atoms with E-state index in [0.29, 0.717) is 40.0 Å². The van der Waals surface area contributed by atoms with E-state index in [1.165, 1.54) is 0 Å². The average molecular weight is 504 g/mol. The number of rotatable bonds is 8. The summed E-state index contributed by atoms with van der Waals surface area (Å²) in [6, 6.07) is 20.1. The average Bonchev–Trinajstić information content (AvgIpc) is 2.89. The number of carbonyl (C=O) groups excluding carboxylic acids is 1. The van der Waals surface area contributed by atoms with Gasteiger partial charge in [-0.05, 0) is 42.0 Å². The lowest BCUT2D eigenvalue weighted by molar-refractivity contribution is -0.119. The van der Waals surface area contributed by atoms with E-state index in [9.17, 15) is 4.79 Å². The molecular weight excluding hydrogens is 478 g/mol. The number of pyridine rings is 1. The maximum Gasteiger partial charge on any atom is 0.230 e. The Morgan fingerprint density at radius 3 is 2.31 bits per heavy atom. The largest absolute Gasteiger partial charge is 0.494 e. The molecule has 0 aliphatic heterocycles. The van der Waals surface area contributed by atoms with Gasteiger partial charge in [-0.3, -0.25) is 9.78 Å². The molecule has 3 aromatic carbocycles. The minimum Gasteiger partial charge on any atom is -0.494 e. The van der Waals surface area contributed by atoms with Crippen molar-refractivity contribution in [1.82, 2.24) is 10.3 Å². The molecule has 1 amide bonds. The molecular formula is C27H25N3O5S. The second-order valence-electron chi connectivity index (χ2n) is 7.66. The molecule has 0 atom stereocenters. The summed E-state index contributed by atoms with van der Waals surface area (Å²) >= 11 is 5.31. The second kappa shape index (κ2) is 11.4. The third-order valence-electron chi connectivity index (χ3n) is 5.32. The number of nitrogens with one attached hydrogen (secondary N) is 2. The number of benzene rings is 3. The molecule has 2 N–H and O–H groups in total. The predicted molar refractivity (Wildman–Crippen MR) is 142 cm³/mol. The van der Waals surface area contributed by atoms with Gasteiger partial charge in [-0.2, -0.15) is 0 Å². The van der Waals surface area contributed by atoms with Crippen molar-refractivity contribution in [3.8, 4) is 28.7 Å². The van der Waals surface area contributed by atoms with Gasteiger partial charge in [-0.15, -0.1) is 0 Å². The molecule has 9 heteroatoms. The van der Waals surface area contributed by atoms with Crippen LogP contribution in [0.1, 0.15) is 5.56 Å². The normalized spacial score (nSPS) is 10.4. The van der Waals surface area contributed by atoms with Gasteiger partial charge < -0.3 is 29.6 Å². The first-order valence-electron chi connectivity index (χ1n) is 11.0. The van der Waals surface area contributed by atoms with Gasteiger partial charge in [0.05, 0.1) is 39.0 Å². The number of ether oxygens (including phenoxy) is 4. The van der Waals surface area contributed by atoms with Crippen LogP contribution in [0, 0.1) is 0 Å². The van der Waals surface area contributed by atoms with Crippen LogP contribution in [0.15, 0.2) is 72.9 Å². The number of nitrogens with zero attached hydrogens (tertiary/aromatic N) is 1. The van der Waals surface area contributed by atoms with E-state index >= 15 is 0 Å². The number of anilines is 1. The van der Waals surface area contributed by atoms with Crippen molar-refractivity contribution in [2.24, 2.45) is 0 Å². The van der Waals surface area contributed by atoms with Gasteiger partial charge in [0.15, 0.2) is 16.6 Å². The Kier molecular flexibility index (Phi) is 7.82. The Morgan fingerprint density at radius 2 is 1.58 bits per heavy atom. The molecule has 0 bridgehead atoms. The highest BCUT2D eigenvalue weighted by molar-refractivity contribution is 7.80. The molecule has 0 saturated heterocycles. The lowest BCUT2D eigenvalue weighted by atomic mass is 10.1. The molecule has 0 saturated carbocycles. The molecule has 0 aliphatic carbocycles. The molecule has 4 aromatic rings. The smallest absolute Gasteiger partial charge is 0.230 e. The molecule has 1 heterocycles. The molecule has 0 radical (unpaired) electrons. The quantitative estimate of drug-likeness (QED) is 0.321. The number of hydrogen-bond donors (Lipinski definition) is 2. The standard InChI is InChI=1S/C27H25N3O5S/c1-32-23-14-18(35-22-11-12-28-21-16-25(34-3)24(33-2)15-19(21)22)9-10-20(23)29-27(36)30-26(31)13-17-7-5-4-6-8-17/h4-12,14-16H,13H2,1-3H3,(H2,29,30,31,36). The Hall–Kier alpha value is -4.37. The number of fused-ring (bicyclic) bond motifs is 1. The minimum absolute atomic E-state index is 0.170. The van der Waals surface area contributed by atoms with E-state index in [0.717, 1.165) is 10.9 Å². The fourth-order valence-corrected chi connectivity index (χ4v) is 3.83. The van der Waals surface area contributed by atoms with Crippen molar-refractivity contribution in [2.45, 2.75) is 6.42 Å². The van der Waals surface area contributed by atoms with Gasteiger partial charge in [0.25, 0.3) is 0 Å². The van der Waals surface area contributed by atoms with Crippen LogP contribution in [0.2, 0.25) is 0 Å². The van der Waals surface area contributed by atoms with Crippen molar-refractivity contribution in [2.75, 3.05) is 26.6 Å². The SMILES string of the molecule is COc1cc(Oc2ccnc3cc(OC)c(OC)cc23)ccc1NC(=S)NC(=O)Cc1ccccc1. The first-order chi connectivity index (χ1) is 17.5. The Labute approximate surface area is 214 Å². The van der Waals surface area contributed by atoms with Crippen molar-refractivity contribution in [3.63, 3.8) is 0 Å². The summed E-state index contributed by atoms with van der Waals surface area (Å²) in [6.07, 6.45) is 1.89. The van der Waals surface area contributed by atoms with Crippen LogP contribution in [-0.4, -0.2) is 37.3 Å². The fourth-order valence-electron chi connectivity index (χ4n) is 3.61. The van der Waals surface area contributed by atoms with Crippen LogP contribution in [0.3, 0.4) is 0 Å². The summed E-state index contributed by atoms with van der Waals surface area (Å²) in [5, 5.41) is 6.63. The topological polar surface area (TPSA) is 90.9 Å². The van der Waals surface area contributed by atoms with E-state index in [2.05, 4.69) is 15.6 Å². The molecule has 4 rings (SSSR count). The molecule has 1 aromatic heterocycles. The van der Waals surface area contributed by atoms with Gasteiger partial charge in [0.1, 0.15) is 17.2 Å². The number of methoxy groups -OCH3 is 3. The lowest BCUT2D eigenvalue weighted by Gasteiger charge is -2.15. The monoisotopic (exact) mass is 503 g/mol. The Balaban J connectivity index is 1.49. The van der Waals surface area contributed by atoms with E-state index in [-0.39, 0.29) is 17.4 Å². The number of aromatic nitrogens is 1. The van der Waals surface area contributed by atoms with Crippen molar-refractivity contribution in [3.05, 3.63) is 78.5 Å². The molecule has 0 spiro atoms. The van der Waals surface area contributed by atoms with Crippen LogP contribution in [0.5, 0.6) is 28.7 Å². The molecule has 8 nitrogen and oxygen atoms in total. The third-order valence-corrected chi connectivity index (χ3v) is 5.52. The summed E-state index contributed by atoms with van der Waals surface area (Å²) in [5.41, 5.74) is 2.18. The van der Waals surface area contributed by atoms with Crippen LogP contribution < -0.4 is 29.6 Å². The zero-order valence-electron chi connectivity index (χ0n) is 20.0. The lowest BCUT2D eigenvalue weighted by Crippen LogP contribution is -2.35. The summed E-state index contributed by atoms with van der Waals surface area (Å²) in [5.74, 6) is 2.56. The van der Waals surface area contributed by atoms with Crippen molar-refractivity contribution < 1.29 is 23.7 Å². The van der Waals surface area contributed by atoms with Gasteiger partial charge in [0, 0.05) is 23.7 Å². The zero-order valence-corrected chi connectivity index (χ0v) is 20.8. The van der Waals surface area contributed by atoms with E-state index in [4.69, 9.17) is 31.2 Å². The molecule has 0 fully saturated rings. The first-order valence-corrected chi connectivity index (χ1v) is 11.4. The van der Waals surface area contributed by atoms with Crippen LogP contribution in [-0.2, 0) is 11.2 Å². The predicted octanol–water partition coefficient (Wildman–Crippen LogP) is 5.11. The number of hydrogen-bond acceptors (Lipinski definition) is 7. The third kappa shape index (κ3) is 5.81. The minimum atomic E-state index is -0.214. The summed E-state index contributed by atoms with van der Waals surface area (Å²) in [6.45, 7) is 0. The summed E-state index contributed by atoms with van der Waals surface area (Å²) in [7, 11) is 4.69. The highest BCUT2D eigenvalue weighted by Gasteiger charge is 2.14. The van der Waals surface area contributed by atoms with Crippen molar-refractivity contribution >= 4 is 39.8 Å². The van der Waals surface area contributed by atoms with Crippen LogP contribution >= 0.6 is 12.2 Å². The van der Waals surface area contributed by atoms with Crippen LogP contribution in [0.25, 0.3) is 10.9 Å². The second-order valence-corrected chi connectivity index (χ2v) is 8.07. The zero-order chi connectivity index (χ0) is 25.5.